The molecule has 1 heterocycles. The number of hydrogen-bond donors (Lipinski definition) is 2. The van der Waals surface area contributed by atoms with Gasteiger partial charge in [-0.2, -0.15) is 5.26 Å². The van der Waals surface area contributed by atoms with Crippen LogP contribution in [0.15, 0.2) is 53.4 Å². The van der Waals surface area contributed by atoms with E-state index in [9.17, 15) is 13.7 Å². The lowest BCUT2D eigenvalue weighted by atomic mass is 9.99. The van der Waals surface area contributed by atoms with E-state index in [0.717, 1.165) is 43.6 Å². The zero-order chi connectivity index (χ0) is 22.4. The lowest BCUT2D eigenvalue weighted by molar-refractivity contribution is 0.154. The van der Waals surface area contributed by atoms with E-state index >= 15 is 0 Å². The minimum atomic E-state index is -3.73. The van der Waals surface area contributed by atoms with Gasteiger partial charge in [0.05, 0.1) is 16.5 Å². The quantitative estimate of drug-likeness (QED) is 0.650. The molecule has 1 aliphatic heterocycles. The standard InChI is InChI=1S/C23H31N5O2S/c1-18(9-12-24)27-13-10-22(11-14-27)28(17-20-4-2-3-19(15-20)16-25)21-5-7-23(8-6-21)31(26,29)30/h2-8,15,18,22H,9-14,17,24H2,1H3,(H2,26,29,30). The molecule has 8 heteroatoms. The molecule has 0 saturated carbocycles. The van der Waals surface area contributed by atoms with E-state index in [1.54, 1.807) is 18.2 Å². The number of anilines is 1. The van der Waals surface area contributed by atoms with Gasteiger partial charge < -0.3 is 15.5 Å². The molecule has 1 unspecified atom stereocenters. The molecule has 1 aliphatic rings. The highest BCUT2D eigenvalue weighted by Crippen LogP contribution is 2.28. The lowest BCUT2D eigenvalue weighted by Gasteiger charge is -2.42. The Morgan fingerprint density at radius 1 is 1.19 bits per heavy atom. The molecule has 7 nitrogen and oxygen atoms in total. The second kappa shape index (κ2) is 10.2. The Hall–Kier alpha value is -2.44. The first-order chi connectivity index (χ1) is 14.8. The van der Waals surface area contributed by atoms with Gasteiger partial charge in [0, 0.05) is 37.4 Å². The fourth-order valence-corrected chi connectivity index (χ4v) is 4.77. The fraction of sp³-hybridized carbons (Fsp3) is 0.435. The molecular formula is C23H31N5O2S. The number of nitriles is 1. The molecule has 1 saturated heterocycles. The van der Waals surface area contributed by atoms with Crippen LogP contribution < -0.4 is 15.8 Å². The summed E-state index contributed by atoms with van der Waals surface area (Å²) >= 11 is 0. The number of piperidine rings is 1. The maximum absolute atomic E-state index is 11.6. The molecule has 2 aromatic carbocycles. The van der Waals surface area contributed by atoms with Gasteiger partial charge in [0.15, 0.2) is 0 Å². The minimum absolute atomic E-state index is 0.105. The van der Waals surface area contributed by atoms with Gasteiger partial charge in [-0.15, -0.1) is 0 Å². The maximum Gasteiger partial charge on any atom is 0.238 e. The molecule has 0 spiro atoms. The van der Waals surface area contributed by atoms with Gasteiger partial charge in [-0.1, -0.05) is 12.1 Å². The van der Waals surface area contributed by atoms with Gasteiger partial charge >= 0.3 is 0 Å². The van der Waals surface area contributed by atoms with E-state index in [1.165, 1.54) is 0 Å². The molecule has 166 valence electrons. The molecule has 2 aromatic rings. The second-order valence-corrected chi connectivity index (χ2v) is 9.73. The zero-order valence-corrected chi connectivity index (χ0v) is 18.8. The van der Waals surface area contributed by atoms with Gasteiger partial charge in [-0.3, -0.25) is 0 Å². The van der Waals surface area contributed by atoms with E-state index in [4.69, 9.17) is 10.9 Å². The first kappa shape index (κ1) is 23.2. The molecule has 4 N–H and O–H groups in total. The Balaban J connectivity index is 1.83. The topological polar surface area (TPSA) is 116 Å². The third kappa shape index (κ3) is 6.05. The number of likely N-dealkylation sites (tertiary alicyclic amines) is 1. The molecule has 0 aliphatic carbocycles. The van der Waals surface area contributed by atoms with Crippen LogP contribution >= 0.6 is 0 Å². The van der Waals surface area contributed by atoms with Crippen LogP contribution in [-0.2, 0) is 16.6 Å². The fourth-order valence-electron chi connectivity index (χ4n) is 4.26. The predicted molar refractivity (Wildman–Crippen MR) is 123 cm³/mol. The lowest BCUT2D eigenvalue weighted by Crippen LogP contribution is -2.47. The summed E-state index contributed by atoms with van der Waals surface area (Å²) in [7, 11) is -3.73. The SMILES string of the molecule is CC(CCN)N1CCC(N(Cc2cccc(C#N)c2)c2ccc(S(N)(=O)=O)cc2)CC1. The number of hydrogen-bond acceptors (Lipinski definition) is 6. The summed E-state index contributed by atoms with van der Waals surface area (Å²) in [6, 6.07) is 17.4. The molecule has 1 atom stereocenters. The van der Waals surface area contributed by atoms with E-state index in [1.807, 2.05) is 30.3 Å². The van der Waals surface area contributed by atoms with Crippen LogP contribution in [0.1, 0.15) is 37.3 Å². The van der Waals surface area contributed by atoms with Crippen molar-refractivity contribution >= 4 is 15.7 Å². The third-order valence-corrected chi connectivity index (χ3v) is 6.98. The number of rotatable bonds is 8. The number of nitrogens with two attached hydrogens (primary N) is 2. The van der Waals surface area contributed by atoms with E-state index in [-0.39, 0.29) is 4.90 Å². The third-order valence-electron chi connectivity index (χ3n) is 6.05. The van der Waals surface area contributed by atoms with Gasteiger partial charge in [-0.05, 0) is 74.7 Å². The van der Waals surface area contributed by atoms with Crippen molar-refractivity contribution in [3.05, 3.63) is 59.7 Å². The number of sulfonamides is 1. The molecule has 0 amide bonds. The molecule has 0 bridgehead atoms. The predicted octanol–water partition coefficient (Wildman–Crippen LogP) is 2.41. The monoisotopic (exact) mass is 441 g/mol. The molecule has 31 heavy (non-hydrogen) atoms. The van der Waals surface area contributed by atoms with Gasteiger partial charge in [0.2, 0.25) is 10.0 Å². The summed E-state index contributed by atoms with van der Waals surface area (Å²) in [5.74, 6) is 0. The average molecular weight is 442 g/mol. The van der Waals surface area contributed by atoms with Crippen molar-refractivity contribution in [1.29, 1.82) is 5.26 Å². The molecule has 0 radical (unpaired) electrons. The Kier molecular flexibility index (Phi) is 7.68. The van der Waals surface area contributed by atoms with Crippen molar-refractivity contribution in [2.24, 2.45) is 10.9 Å². The van der Waals surface area contributed by atoms with Crippen LogP contribution in [0.5, 0.6) is 0 Å². The highest BCUT2D eigenvalue weighted by Gasteiger charge is 2.27. The number of benzene rings is 2. The minimum Gasteiger partial charge on any atom is -0.364 e. The highest BCUT2D eigenvalue weighted by atomic mass is 32.2. The Morgan fingerprint density at radius 2 is 1.87 bits per heavy atom. The summed E-state index contributed by atoms with van der Waals surface area (Å²) in [6.45, 7) is 5.56. The Bertz CT molecular complexity index is 1010. The van der Waals surface area contributed by atoms with Gasteiger partial charge in [0.25, 0.3) is 0 Å². The van der Waals surface area contributed by atoms with Crippen LogP contribution in [0.25, 0.3) is 0 Å². The normalized spacial score (nSPS) is 16.6. The second-order valence-electron chi connectivity index (χ2n) is 8.17. The number of nitrogens with zero attached hydrogens (tertiary/aromatic N) is 3. The van der Waals surface area contributed by atoms with Crippen molar-refractivity contribution < 1.29 is 8.42 Å². The summed E-state index contributed by atoms with van der Waals surface area (Å²) in [5, 5.41) is 14.5. The summed E-state index contributed by atoms with van der Waals surface area (Å²) in [5.41, 5.74) is 8.36. The summed E-state index contributed by atoms with van der Waals surface area (Å²) < 4.78 is 23.3. The van der Waals surface area contributed by atoms with E-state index in [2.05, 4.69) is 22.8 Å². The zero-order valence-electron chi connectivity index (χ0n) is 17.9. The van der Waals surface area contributed by atoms with Crippen LogP contribution in [-0.4, -0.2) is 45.0 Å². The Morgan fingerprint density at radius 3 is 2.45 bits per heavy atom. The van der Waals surface area contributed by atoms with Gasteiger partial charge in [0.1, 0.15) is 0 Å². The van der Waals surface area contributed by atoms with Crippen LogP contribution in [0.2, 0.25) is 0 Å². The average Bonchev–Trinajstić information content (AvgIpc) is 2.77. The van der Waals surface area contributed by atoms with Crippen molar-refractivity contribution in [2.45, 2.75) is 49.7 Å². The van der Waals surface area contributed by atoms with Crippen molar-refractivity contribution in [3.8, 4) is 6.07 Å². The first-order valence-electron chi connectivity index (χ1n) is 10.6. The van der Waals surface area contributed by atoms with Crippen molar-refractivity contribution in [2.75, 3.05) is 24.5 Å². The summed E-state index contributed by atoms with van der Waals surface area (Å²) in [6.07, 6.45) is 3.00. The van der Waals surface area contributed by atoms with Crippen LogP contribution in [0.3, 0.4) is 0 Å². The van der Waals surface area contributed by atoms with E-state index < -0.39 is 10.0 Å². The van der Waals surface area contributed by atoms with Crippen LogP contribution in [0, 0.1) is 11.3 Å². The highest BCUT2D eigenvalue weighted by molar-refractivity contribution is 7.89. The first-order valence-corrected chi connectivity index (χ1v) is 12.2. The van der Waals surface area contributed by atoms with Crippen molar-refractivity contribution in [3.63, 3.8) is 0 Å². The van der Waals surface area contributed by atoms with E-state index in [0.29, 0.717) is 30.7 Å². The smallest absolute Gasteiger partial charge is 0.238 e. The maximum atomic E-state index is 11.6. The van der Waals surface area contributed by atoms with Gasteiger partial charge in [-0.25, -0.2) is 13.6 Å². The molecule has 0 aromatic heterocycles. The molecule has 1 fully saturated rings. The molecule has 3 rings (SSSR count). The Labute approximate surface area is 185 Å². The number of primary sulfonamides is 1. The largest absolute Gasteiger partial charge is 0.364 e. The van der Waals surface area contributed by atoms with Crippen molar-refractivity contribution in [1.82, 2.24) is 4.90 Å². The molecular weight excluding hydrogens is 410 g/mol. The van der Waals surface area contributed by atoms with Crippen LogP contribution in [0.4, 0.5) is 5.69 Å². The summed E-state index contributed by atoms with van der Waals surface area (Å²) in [4.78, 5) is 4.91.